The maximum atomic E-state index is 12.9. The van der Waals surface area contributed by atoms with E-state index in [9.17, 15) is 4.79 Å². The Labute approximate surface area is 190 Å². The summed E-state index contributed by atoms with van der Waals surface area (Å²) in [5.41, 5.74) is 5.49. The van der Waals surface area contributed by atoms with Crippen LogP contribution in [0, 0.1) is 13.8 Å². The lowest BCUT2D eigenvalue weighted by atomic mass is 10.1. The summed E-state index contributed by atoms with van der Waals surface area (Å²) in [5, 5.41) is 7.64. The molecule has 4 rings (SSSR count). The number of nitrogens with zero attached hydrogens (tertiary/aromatic N) is 3. The highest BCUT2D eigenvalue weighted by atomic mass is 79.9. The molecule has 1 saturated heterocycles. The van der Waals surface area contributed by atoms with Crippen LogP contribution in [0.15, 0.2) is 53.0 Å². The fraction of sp³-hybridized carbons (Fsp3) is 0.304. The molecular weight excluding hydrogens is 460 g/mol. The molecule has 1 aliphatic heterocycles. The van der Waals surface area contributed by atoms with E-state index >= 15 is 0 Å². The van der Waals surface area contributed by atoms with E-state index in [0.29, 0.717) is 12.1 Å². The summed E-state index contributed by atoms with van der Waals surface area (Å²) in [6.45, 7) is 6.51. The van der Waals surface area contributed by atoms with Gasteiger partial charge in [0.05, 0.1) is 22.6 Å². The highest BCUT2D eigenvalue weighted by Crippen LogP contribution is 2.21. The van der Waals surface area contributed by atoms with Gasteiger partial charge in [-0.15, -0.1) is 0 Å². The zero-order chi connectivity index (χ0) is 21.1. The minimum Gasteiger partial charge on any atom is -0.370 e. The first kappa shape index (κ1) is 21.0. The van der Waals surface area contributed by atoms with Crippen molar-refractivity contribution in [1.29, 1.82) is 0 Å². The van der Waals surface area contributed by atoms with Crippen LogP contribution in [0.4, 0.5) is 5.69 Å². The number of amides is 1. The minimum absolute atomic E-state index is 0.0921. The number of anilines is 1. The summed E-state index contributed by atoms with van der Waals surface area (Å²) in [7, 11) is 0. The second-order valence-corrected chi connectivity index (χ2v) is 9.52. The molecule has 1 N–H and O–H groups in total. The number of hydrogen-bond acceptors (Lipinski definition) is 4. The molecule has 0 spiro atoms. The van der Waals surface area contributed by atoms with Crippen molar-refractivity contribution in [3.8, 4) is 5.69 Å². The van der Waals surface area contributed by atoms with Crippen molar-refractivity contribution in [3.63, 3.8) is 0 Å². The van der Waals surface area contributed by atoms with Crippen molar-refractivity contribution < 1.29 is 4.79 Å². The number of carbonyl (C=O) groups is 1. The summed E-state index contributed by atoms with van der Waals surface area (Å²) in [5.74, 6) is 2.28. The van der Waals surface area contributed by atoms with Gasteiger partial charge in [0.2, 0.25) is 0 Å². The molecule has 1 aliphatic rings. The second kappa shape index (κ2) is 9.27. The van der Waals surface area contributed by atoms with Crippen LogP contribution in [0.25, 0.3) is 5.69 Å². The predicted octanol–water partition coefficient (Wildman–Crippen LogP) is 4.73. The SMILES string of the molecule is Cc1nn(-c2ccc(Br)cc2)c(C)c1C(=O)NCc1ccc(N2CCSCC2)cc1. The number of hydrogen-bond donors (Lipinski definition) is 1. The number of aryl methyl sites for hydroxylation is 1. The van der Waals surface area contributed by atoms with E-state index in [1.807, 2.05) is 54.6 Å². The van der Waals surface area contributed by atoms with E-state index in [4.69, 9.17) is 0 Å². The summed E-state index contributed by atoms with van der Waals surface area (Å²) < 4.78 is 2.83. The smallest absolute Gasteiger partial charge is 0.255 e. The summed E-state index contributed by atoms with van der Waals surface area (Å²) in [6.07, 6.45) is 0. The molecule has 1 fully saturated rings. The lowest BCUT2D eigenvalue weighted by Gasteiger charge is -2.28. The van der Waals surface area contributed by atoms with Gasteiger partial charge in [0.1, 0.15) is 0 Å². The van der Waals surface area contributed by atoms with Crippen molar-refractivity contribution >= 4 is 39.3 Å². The molecule has 2 heterocycles. The molecule has 0 aliphatic carbocycles. The van der Waals surface area contributed by atoms with Gasteiger partial charge in [-0.3, -0.25) is 4.79 Å². The molecule has 0 atom stereocenters. The topological polar surface area (TPSA) is 50.2 Å². The second-order valence-electron chi connectivity index (χ2n) is 7.38. The number of nitrogens with one attached hydrogen (secondary N) is 1. The summed E-state index contributed by atoms with van der Waals surface area (Å²) >= 11 is 5.46. The van der Waals surface area contributed by atoms with Crippen LogP contribution >= 0.6 is 27.7 Å². The molecule has 3 aromatic rings. The number of aromatic nitrogens is 2. The predicted molar refractivity (Wildman–Crippen MR) is 128 cm³/mol. The molecule has 0 radical (unpaired) electrons. The van der Waals surface area contributed by atoms with Gasteiger partial charge >= 0.3 is 0 Å². The monoisotopic (exact) mass is 484 g/mol. The maximum absolute atomic E-state index is 12.9. The lowest BCUT2D eigenvalue weighted by Crippen LogP contribution is -2.32. The Hall–Kier alpha value is -2.25. The average molecular weight is 485 g/mol. The van der Waals surface area contributed by atoms with Crippen molar-refractivity contribution in [2.24, 2.45) is 0 Å². The van der Waals surface area contributed by atoms with Gasteiger partial charge in [0, 0.05) is 41.3 Å². The van der Waals surface area contributed by atoms with Gasteiger partial charge in [-0.1, -0.05) is 28.1 Å². The van der Waals surface area contributed by atoms with E-state index in [2.05, 4.69) is 55.5 Å². The van der Waals surface area contributed by atoms with E-state index in [0.717, 1.165) is 40.2 Å². The fourth-order valence-electron chi connectivity index (χ4n) is 3.72. The molecule has 1 amide bonds. The van der Waals surface area contributed by atoms with Crippen molar-refractivity contribution in [3.05, 3.63) is 75.5 Å². The number of benzene rings is 2. The Kier molecular flexibility index (Phi) is 6.49. The first-order valence-corrected chi connectivity index (χ1v) is 12.0. The Balaban J connectivity index is 1.43. The molecule has 7 heteroatoms. The Morgan fingerprint density at radius 1 is 1.03 bits per heavy atom. The molecule has 2 aromatic carbocycles. The van der Waals surface area contributed by atoms with Crippen LogP contribution in [0.2, 0.25) is 0 Å². The Morgan fingerprint density at radius 3 is 2.33 bits per heavy atom. The van der Waals surface area contributed by atoms with Crippen LogP contribution in [-0.2, 0) is 6.54 Å². The number of thioether (sulfide) groups is 1. The molecule has 156 valence electrons. The van der Waals surface area contributed by atoms with Gasteiger partial charge < -0.3 is 10.2 Å². The first-order chi connectivity index (χ1) is 14.5. The zero-order valence-electron chi connectivity index (χ0n) is 17.2. The van der Waals surface area contributed by atoms with Crippen LogP contribution in [0.1, 0.15) is 27.3 Å². The highest BCUT2D eigenvalue weighted by Gasteiger charge is 2.19. The van der Waals surface area contributed by atoms with E-state index in [1.54, 1.807) is 0 Å². The van der Waals surface area contributed by atoms with E-state index < -0.39 is 0 Å². The van der Waals surface area contributed by atoms with Gasteiger partial charge in [0.25, 0.3) is 5.91 Å². The molecule has 1 aromatic heterocycles. The number of rotatable bonds is 5. The minimum atomic E-state index is -0.0921. The maximum Gasteiger partial charge on any atom is 0.255 e. The molecule has 0 saturated carbocycles. The van der Waals surface area contributed by atoms with E-state index in [-0.39, 0.29) is 5.91 Å². The van der Waals surface area contributed by atoms with Gasteiger partial charge in [0.15, 0.2) is 0 Å². The van der Waals surface area contributed by atoms with Crippen molar-refractivity contribution in [1.82, 2.24) is 15.1 Å². The standard InChI is InChI=1S/C23H25BrN4OS/c1-16-22(17(2)28(26-16)21-9-5-19(24)6-10-21)23(29)25-15-18-3-7-20(8-4-18)27-11-13-30-14-12-27/h3-10H,11-15H2,1-2H3,(H,25,29). The first-order valence-electron chi connectivity index (χ1n) is 10.0. The zero-order valence-corrected chi connectivity index (χ0v) is 19.6. The molecule has 0 bridgehead atoms. The van der Waals surface area contributed by atoms with Crippen LogP contribution in [0.5, 0.6) is 0 Å². The largest absolute Gasteiger partial charge is 0.370 e. The third kappa shape index (κ3) is 4.57. The quantitative estimate of drug-likeness (QED) is 0.568. The van der Waals surface area contributed by atoms with Gasteiger partial charge in [-0.2, -0.15) is 16.9 Å². The average Bonchev–Trinajstić information content (AvgIpc) is 3.07. The molecular formula is C23H25BrN4OS. The molecule has 0 unspecified atom stereocenters. The third-order valence-corrected chi connectivity index (χ3v) is 6.83. The van der Waals surface area contributed by atoms with E-state index in [1.165, 1.54) is 17.2 Å². The van der Waals surface area contributed by atoms with Crippen LogP contribution in [-0.4, -0.2) is 40.3 Å². The Bertz CT molecular complexity index is 1020. The fourth-order valence-corrected chi connectivity index (χ4v) is 4.89. The third-order valence-electron chi connectivity index (χ3n) is 5.36. The highest BCUT2D eigenvalue weighted by molar-refractivity contribution is 9.10. The van der Waals surface area contributed by atoms with Gasteiger partial charge in [-0.25, -0.2) is 4.68 Å². The molecule has 5 nitrogen and oxygen atoms in total. The van der Waals surface area contributed by atoms with Crippen LogP contribution in [0.3, 0.4) is 0 Å². The number of carbonyl (C=O) groups excluding carboxylic acids is 1. The molecule has 30 heavy (non-hydrogen) atoms. The summed E-state index contributed by atoms with van der Waals surface area (Å²) in [6, 6.07) is 16.4. The van der Waals surface area contributed by atoms with Crippen molar-refractivity contribution in [2.75, 3.05) is 29.5 Å². The van der Waals surface area contributed by atoms with Crippen molar-refractivity contribution in [2.45, 2.75) is 20.4 Å². The Morgan fingerprint density at radius 2 is 1.67 bits per heavy atom. The summed E-state index contributed by atoms with van der Waals surface area (Å²) in [4.78, 5) is 15.3. The normalized spacial score (nSPS) is 14.0. The van der Waals surface area contributed by atoms with Crippen LogP contribution < -0.4 is 10.2 Å². The van der Waals surface area contributed by atoms with Gasteiger partial charge in [-0.05, 0) is 55.8 Å². The lowest BCUT2D eigenvalue weighted by molar-refractivity contribution is 0.0949. The number of halogens is 1.